The first-order valence-corrected chi connectivity index (χ1v) is 7.98. The number of amides is 1. The van der Waals surface area contributed by atoms with Crippen LogP contribution in [0.4, 0.5) is 0 Å². The van der Waals surface area contributed by atoms with Crippen molar-refractivity contribution in [3.63, 3.8) is 0 Å². The molecule has 0 bridgehead atoms. The van der Waals surface area contributed by atoms with Crippen molar-refractivity contribution in [3.8, 4) is 0 Å². The number of nitrogens with two attached hydrogens (primary N) is 1. The normalized spacial score (nSPS) is 16.6. The third kappa shape index (κ3) is 3.07. The average Bonchev–Trinajstić information content (AvgIpc) is 2.38. The van der Waals surface area contributed by atoms with Crippen molar-refractivity contribution in [2.45, 2.75) is 32.6 Å². The smallest absolute Gasteiger partial charge is 0.229 e. The van der Waals surface area contributed by atoms with E-state index in [2.05, 4.69) is 35.0 Å². The molecule has 110 valence electrons. The molecule has 0 atom stereocenters. The molecule has 0 heterocycles. The summed E-state index contributed by atoms with van der Waals surface area (Å²) in [6.07, 6.45) is 3.90. The molecule has 2 rings (SSSR count). The molecule has 0 aliphatic heterocycles. The fourth-order valence-corrected chi connectivity index (χ4v) is 3.22. The zero-order valence-corrected chi connectivity index (χ0v) is 13.9. The Hall–Kier alpha value is -0.870. The van der Waals surface area contributed by atoms with Crippen molar-refractivity contribution >= 4 is 21.8 Å². The van der Waals surface area contributed by atoms with E-state index in [9.17, 15) is 4.79 Å². The summed E-state index contributed by atoms with van der Waals surface area (Å²) in [5, 5.41) is 0. The number of aryl methyl sites for hydroxylation is 1. The first-order valence-electron chi connectivity index (χ1n) is 7.19. The van der Waals surface area contributed by atoms with Crippen LogP contribution in [-0.2, 0) is 11.2 Å². The fraction of sp³-hybridized carbons (Fsp3) is 0.562. The second-order valence-corrected chi connectivity index (χ2v) is 6.80. The Bertz CT molecular complexity index is 492. The molecule has 1 amide bonds. The predicted molar refractivity (Wildman–Crippen MR) is 85.6 cm³/mol. The van der Waals surface area contributed by atoms with Gasteiger partial charge in [-0.05, 0) is 49.4 Å². The lowest BCUT2D eigenvalue weighted by Crippen LogP contribution is -2.51. The Balaban J connectivity index is 1.96. The van der Waals surface area contributed by atoms with E-state index in [0.29, 0.717) is 6.54 Å². The summed E-state index contributed by atoms with van der Waals surface area (Å²) in [4.78, 5) is 14.3. The molecule has 20 heavy (non-hydrogen) atoms. The minimum Gasteiger partial charge on any atom is -0.345 e. The van der Waals surface area contributed by atoms with E-state index < -0.39 is 0 Å². The van der Waals surface area contributed by atoms with Gasteiger partial charge in [0.25, 0.3) is 0 Å². The van der Waals surface area contributed by atoms with Gasteiger partial charge in [-0.2, -0.15) is 0 Å². The van der Waals surface area contributed by atoms with Crippen LogP contribution >= 0.6 is 15.9 Å². The minimum atomic E-state index is -0.263. The van der Waals surface area contributed by atoms with Crippen molar-refractivity contribution in [2.24, 2.45) is 11.1 Å². The van der Waals surface area contributed by atoms with Crippen molar-refractivity contribution in [1.29, 1.82) is 0 Å². The van der Waals surface area contributed by atoms with E-state index in [0.717, 1.165) is 36.7 Å². The Morgan fingerprint density at radius 2 is 2.15 bits per heavy atom. The molecule has 4 heteroatoms. The molecule has 1 aliphatic carbocycles. The molecule has 1 aromatic carbocycles. The third-order valence-corrected chi connectivity index (χ3v) is 5.02. The predicted octanol–water partition coefficient (Wildman–Crippen LogP) is 2.89. The van der Waals surface area contributed by atoms with Gasteiger partial charge in [-0.15, -0.1) is 0 Å². The number of rotatable bonds is 5. The molecule has 1 aromatic rings. The summed E-state index contributed by atoms with van der Waals surface area (Å²) >= 11 is 3.50. The number of carbonyl (C=O) groups excluding carboxylic acids is 1. The molecule has 2 N–H and O–H groups in total. The molecule has 1 fully saturated rings. The molecule has 0 aromatic heterocycles. The molecule has 3 nitrogen and oxygen atoms in total. The third-order valence-electron chi connectivity index (χ3n) is 4.53. The number of carbonyl (C=O) groups is 1. The summed E-state index contributed by atoms with van der Waals surface area (Å²) < 4.78 is 1.09. The lowest BCUT2D eigenvalue weighted by molar-refractivity contribution is -0.145. The highest BCUT2D eigenvalue weighted by Crippen LogP contribution is 2.41. The molecular formula is C16H23BrN2O. The van der Waals surface area contributed by atoms with Gasteiger partial charge in [0.2, 0.25) is 5.91 Å². The number of benzene rings is 1. The first kappa shape index (κ1) is 15.5. The maximum absolute atomic E-state index is 12.5. The molecule has 1 saturated carbocycles. The highest BCUT2D eigenvalue weighted by Gasteiger charge is 2.44. The average molecular weight is 339 g/mol. The van der Waals surface area contributed by atoms with Crippen molar-refractivity contribution < 1.29 is 4.79 Å². The fourth-order valence-electron chi connectivity index (χ4n) is 2.81. The number of hydrogen-bond acceptors (Lipinski definition) is 2. The number of likely N-dealkylation sites (N-methyl/N-ethyl adjacent to an activating group) is 1. The Kier molecular flexibility index (Phi) is 4.86. The standard InChI is InChI=1S/C16H23BrN2O/c1-12-4-5-14(17)10-13(12)6-9-19(2)15(20)16(11-18)7-3-8-16/h4-5,10H,3,6-9,11,18H2,1-2H3. The second-order valence-electron chi connectivity index (χ2n) is 5.89. The number of nitrogens with zero attached hydrogens (tertiary/aromatic N) is 1. The molecule has 0 radical (unpaired) electrons. The van der Waals surface area contributed by atoms with Crippen molar-refractivity contribution in [3.05, 3.63) is 33.8 Å². The van der Waals surface area contributed by atoms with Gasteiger partial charge in [-0.3, -0.25) is 4.79 Å². The van der Waals surface area contributed by atoms with Gasteiger partial charge in [0.05, 0.1) is 5.41 Å². The van der Waals surface area contributed by atoms with Crippen LogP contribution in [0.1, 0.15) is 30.4 Å². The molecular weight excluding hydrogens is 316 g/mol. The highest BCUT2D eigenvalue weighted by molar-refractivity contribution is 9.10. The Morgan fingerprint density at radius 3 is 2.70 bits per heavy atom. The summed E-state index contributed by atoms with van der Waals surface area (Å²) in [6.45, 7) is 3.33. The number of hydrogen-bond donors (Lipinski definition) is 1. The van der Waals surface area contributed by atoms with E-state index in [-0.39, 0.29) is 11.3 Å². The van der Waals surface area contributed by atoms with Gasteiger partial charge in [0.1, 0.15) is 0 Å². The quantitative estimate of drug-likeness (QED) is 0.897. The Morgan fingerprint density at radius 1 is 1.45 bits per heavy atom. The summed E-state index contributed by atoms with van der Waals surface area (Å²) in [5.41, 5.74) is 8.10. The maximum Gasteiger partial charge on any atom is 0.229 e. The summed E-state index contributed by atoms with van der Waals surface area (Å²) in [7, 11) is 1.89. The molecule has 0 spiro atoms. The molecule has 0 saturated heterocycles. The summed E-state index contributed by atoms with van der Waals surface area (Å²) in [6, 6.07) is 6.29. The van der Waals surface area contributed by atoms with Crippen molar-refractivity contribution in [1.82, 2.24) is 4.90 Å². The Labute approximate surface area is 129 Å². The topological polar surface area (TPSA) is 46.3 Å². The van der Waals surface area contributed by atoms with Gasteiger partial charge in [0.15, 0.2) is 0 Å². The van der Waals surface area contributed by atoms with Crippen LogP contribution in [0.15, 0.2) is 22.7 Å². The van der Waals surface area contributed by atoms with Gasteiger partial charge in [-0.25, -0.2) is 0 Å². The van der Waals surface area contributed by atoms with Gasteiger partial charge in [0, 0.05) is 24.6 Å². The van der Waals surface area contributed by atoms with Crippen LogP contribution in [0.25, 0.3) is 0 Å². The van der Waals surface area contributed by atoms with E-state index in [1.807, 2.05) is 18.0 Å². The molecule has 1 aliphatic rings. The lowest BCUT2D eigenvalue weighted by Gasteiger charge is -2.41. The summed E-state index contributed by atoms with van der Waals surface area (Å²) in [5.74, 6) is 0.221. The van der Waals surface area contributed by atoms with E-state index in [1.165, 1.54) is 11.1 Å². The van der Waals surface area contributed by atoms with Crippen LogP contribution in [0.5, 0.6) is 0 Å². The maximum atomic E-state index is 12.5. The van der Waals surface area contributed by atoms with Crippen LogP contribution in [0, 0.1) is 12.3 Å². The van der Waals surface area contributed by atoms with E-state index >= 15 is 0 Å². The van der Waals surface area contributed by atoms with Gasteiger partial charge < -0.3 is 10.6 Å². The van der Waals surface area contributed by atoms with Crippen LogP contribution in [0.2, 0.25) is 0 Å². The van der Waals surface area contributed by atoms with Crippen molar-refractivity contribution in [2.75, 3.05) is 20.1 Å². The van der Waals surface area contributed by atoms with E-state index in [1.54, 1.807) is 0 Å². The second kappa shape index (κ2) is 6.27. The van der Waals surface area contributed by atoms with Gasteiger partial charge in [-0.1, -0.05) is 28.4 Å². The zero-order valence-electron chi connectivity index (χ0n) is 12.3. The first-order chi connectivity index (χ1) is 9.48. The monoisotopic (exact) mass is 338 g/mol. The highest BCUT2D eigenvalue weighted by atomic mass is 79.9. The molecule has 0 unspecified atom stereocenters. The van der Waals surface area contributed by atoms with Crippen LogP contribution < -0.4 is 5.73 Å². The number of halogens is 1. The van der Waals surface area contributed by atoms with E-state index in [4.69, 9.17) is 5.73 Å². The lowest BCUT2D eigenvalue weighted by atomic mass is 9.68. The van der Waals surface area contributed by atoms with Gasteiger partial charge >= 0.3 is 0 Å². The van der Waals surface area contributed by atoms with Crippen LogP contribution in [-0.4, -0.2) is 30.9 Å². The minimum absolute atomic E-state index is 0.221. The zero-order chi connectivity index (χ0) is 14.8. The largest absolute Gasteiger partial charge is 0.345 e. The van der Waals surface area contributed by atoms with Crippen LogP contribution in [0.3, 0.4) is 0 Å². The SMILES string of the molecule is Cc1ccc(Br)cc1CCN(C)C(=O)C1(CN)CCC1.